The van der Waals surface area contributed by atoms with Crippen molar-refractivity contribution in [1.29, 1.82) is 0 Å². The summed E-state index contributed by atoms with van der Waals surface area (Å²) in [7, 11) is 0. The summed E-state index contributed by atoms with van der Waals surface area (Å²) < 4.78 is 11.1. The number of nitrogens with zero attached hydrogens (tertiary/aromatic N) is 4. The number of benzene rings is 1. The van der Waals surface area contributed by atoms with Gasteiger partial charge in [-0.3, -0.25) is 4.90 Å². The van der Waals surface area contributed by atoms with Crippen LogP contribution in [0.15, 0.2) is 18.2 Å². The van der Waals surface area contributed by atoms with E-state index in [1.165, 1.54) is 0 Å². The van der Waals surface area contributed by atoms with E-state index in [1.54, 1.807) is 18.2 Å². The summed E-state index contributed by atoms with van der Waals surface area (Å²) in [5.74, 6) is 1.28. The molecule has 23 heavy (non-hydrogen) atoms. The quantitative estimate of drug-likeness (QED) is 0.448. The van der Waals surface area contributed by atoms with Crippen LogP contribution < -0.4 is 9.58 Å². The lowest BCUT2D eigenvalue weighted by atomic mass is 10.3. The van der Waals surface area contributed by atoms with Crippen molar-refractivity contribution in [3.05, 3.63) is 29.2 Å². The highest BCUT2D eigenvalue weighted by molar-refractivity contribution is 5.72. The van der Waals surface area contributed by atoms with Crippen LogP contribution in [0.3, 0.4) is 0 Å². The molecule has 1 saturated heterocycles. The van der Waals surface area contributed by atoms with Gasteiger partial charge in [-0.05, 0) is 17.3 Å². The Balaban J connectivity index is 1.57. The molecule has 3 rings (SSSR count). The van der Waals surface area contributed by atoms with Crippen molar-refractivity contribution in [2.75, 3.05) is 39.5 Å². The second-order valence-corrected chi connectivity index (χ2v) is 5.56. The molecule has 0 saturated carbocycles. The molecule has 0 aliphatic carbocycles. The van der Waals surface area contributed by atoms with Gasteiger partial charge in [-0.2, -0.15) is 0 Å². The van der Waals surface area contributed by atoms with E-state index in [0.29, 0.717) is 34.7 Å². The number of fused-ring (bicyclic) bond motifs is 1. The maximum absolute atomic E-state index is 11.8. The summed E-state index contributed by atoms with van der Waals surface area (Å²) in [6.45, 7) is 7.21. The average molecular weight is 318 g/mol. The molecule has 1 aliphatic heterocycles. The predicted octanol–water partition coefficient (Wildman–Crippen LogP) is 0.927. The Morgan fingerprint density at radius 3 is 2.96 bits per heavy atom. The molecule has 0 radical (unpaired) electrons. The molecule has 0 bridgehead atoms. The number of ether oxygens (including phenoxy) is 2. The van der Waals surface area contributed by atoms with Crippen molar-refractivity contribution in [1.82, 2.24) is 15.0 Å². The zero-order valence-electron chi connectivity index (χ0n) is 13.4. The summed E-state index contributed by atoms with van der Waals surface area (Å²) in [6, 6.07) is 5.30. The van der Waals surface area contributed by atoms with Crippen molar-refractivity contribution in [2.45, 2.75) is 19.8 Å². The Hall–Kier alpha value is -1.99. The van der Waals surface area contributed by atoms with Crippen LogP contribution >= 0.6 is 0 Å². The minimum Gasteiger partial charge on any atom is -0.594 e. The van der Waals surface area contributed by atoms with Crippen LogP contribution in [0, 0.1) is 5.21 Å². The summed E-state index contributed by atoms with van der Waals surface area (Å²) >= 11 is 0. The van der Waals surface area contributed by atoms with E-state index in [1.807, 2.05) is 6.92 Å². The van der Waals surface area contributed by atoms with Gasteiger partial charge in [0.25, 0.3) is 5.52 Å². The van der Waals surface area contributed by atoms with Crippen LogP contribution in [0.1, 0.15) is 19.2 Å². The average Bonchev–Trinajstić information content (AvgIpc) is 2.59. The van der Waals surface area contributed by atoms with E-state index in [2.05, 4.69) is 15.0 Å². The lowest BCUT2D eigenvalue weighted by Crippen LogP contribution is -2.37. The third kappa shape index (κ3) is 4.05. The van der Waals surface area contributed by atoms with Gasteiger partial charge in [0, 0.05) is 43.3 Å². The Bertz CT molecular complexity index is 659. The van der Waals surface area contributed by atoms with Crippen LogP contribution in [-0.4, -0.2) is 54.4 Å². The van der Waals surface area contributed by atoms with Crippen LogP contribution in [0.5, 0.6) is 5.75 Å². The Labute approximate surface area is 135 Å². The van der Waals surface area contributed by atoms with E-state index in [-0.39, 0.29) is 0 Å². The molecule has 0 unspecified atom stereocenters. The van der Waals surface area contributed by atoms with Crippen molar-refractivity contribution >= 4 is 11.0 Å². The monoisotopic (exact) mass is 318 g/mol. The molecule has 0 N–H and O–H groups in total. The fraction of sp³-hybridized carbons (Fsp3) is 0.562. The fourth-order valence-corrected chi connectivity index (χ4v) is 2.62. The van der Waals surface area contributed by atoms with Gasteiger partial charge in [0.15, 0.2) is 5.82 Å². The maximum Gasteiger partial charge on any atom is 0.270 e. The summed E-state index contributed by atoms with van der Waals surface area (Å²) in [4.78, 5) is 7.39. The second kappa shape index (κ2) is 7.52. The van der Waals surface area contributed by atoms with Crippen molar-refractivity contribution < 1.29 is 14.3 Å². The summed E-state index contributed by atoms with van der Waals surface area (Å²) in [5, 5.41) is 15.7. The van der Waals surface area contributed by atoms with Gasteiger partial charge in [-0.1, -0.05) is 6.92 Å². The molecule has 0 atom stereocenters. The molecule has 2 heterocycles. The van der Waals surface area contributed by atoms with Crippen LogP contribution in [0.2, 0.25) is 0 Å². The first-order valence-electron chi connectivity index (χ1n) is 8.09. The SMILES string of the molecule is CCc1nc2cc(OCCCN3CCOCC3)ccc2[n+]([O-])n1. The highest BCUT2D eigenvalue weighted by Gasteiger charge is 2.12. The first-order chi connectivity index (χ1) is 11.3. The lowest BCUT2D eigenvalue weighted by molar-refractivity contribution is -0.644. The molecule has 1 fully saturated rings. The molecular weight excluding hydrogens is 296 g/mol. The number of rotatable bonds is 6. The van der Waals surface area contributed by atoms with Gasteiger partial charge < -0.3 is 14.7 Å². The molecule has 7 heteroatoms. The zero-order chi connectivity index (χ0) is 16.1. The first kappa shape index (κ1) is 15.9. The van der Waals surface area contributed by atoms with Crippen molar-refractivity contribution in [2.24, 2.45) is 0 Å². The summed E-state index contributed by atoms with van der Waals surface area (Å²) in [5.41, 5.74) is 1.08. The number of aryl methyl sites for hydroxylation is 1. The first-order valence-corrected chi connectivity index (χ1v) is 8.09. The molecule has 1 aromatic heterocycles. The predicted molar refractivity (Wildman–Crippen MR) is 85.2 cm³/mol. The molecule has 1 aromatic carbocycles. The van der Waals surface area contributed by atoms with Crippen LogP contribution in [0.25, 0.3) is 11.0 Å². The van der Waals surface area contributed by atoms with Gasteiger partial charge in [0.05, 0.1) is 19.8 Å². The van der Waals surface area contributed by atoms with Gasteiger partial charge in [0.2, 0.25) is 0 Å². The van der Waals surface area contributed by atoms with Gasteiger partial charge in [0.1, 0.15) is 11.3 Å². The molecule has 2 aromatic rings. The van der Waals surface area contributed by atoms with E-state index in [4.69, 9.17) is 9.47 Å². The van der Waals surface area contributed by atoms with Crippen LogP contribution in [0.4, 0.5) is 0 Å². The minimum absolute atomic E-state index is 0.461. The van der Waals surface area contributed by atoms with Crippen LogP contribution in [-0.2, 0) is 11.2 Å². The van der Waals surface area contributed by atoms with Gasteiger partial charge >= 0.3 is 0 Å². The maximum atomic E-state index is 11.8. The molecule has 124 valence electrons. The molecular formula is C16H22N4O3. The smallest absolute Gasteiger partial charge is 0.270 e. The molecule has 0 amide bonds. The molecule has 0 spiro atoms. The number of hydrogen-bond acceptors (Lipinski definition) is 6. The zero-order valence-corrected chi connectivity index (χ0v) is 13.4. The van der Waals surface area contributed by atoms with E-state index >= 15 is 0 Å². The van der Waals surface area contributed by atoms with Gasteiger partial charge in [-0.25, -0.2) is 4.98 Å². The third-order valence-corrected chi connectivity index (χ3v) is 3.92. The highest BCUT2D eigenvalue weighted by Crippen LogP contribution is 2.17. The lowest BCUT2D eigenvalue weighted by Gasteiger charge is -2.26. The second-order valence-electron chi connectivity index (χ2n) is 5.56. The topological polar surface area (TPSA) is 74.4 Å². The van der Waals surface area contributed by atoms with Gasteiger partial charge in [-0.15, -0.1) is 0 Å². The normalized spacial score (nSPS) is 15.9. The Morgan fingerprint density at radius 1 is 1.35 bits per heavy atom. The van der Waals surface area contributed by atoms with E-state index in [0.717, 1.165) is 45.0 Å². The summed E-state index contributed by atoms with van der Waals surface area (Å²) in [6.07, 6.45) is 1.59. The Kier molecular flexibility index (Phi) is 5.19. The minimum atomic E-state index is 0.461. The Morgan fingerprint density at radius 2 is 2.17 bits per heavy atom. The van der Waals surface area contributed by atoms with Crippen molar-refractivity contribution in [3.63, 3.8) is 0 Å². The van der Waals surface area contributed by atoms with Crippen molar-refractivity contribution in [3.8, 4) is 5.75 Å². The van der Waals surface area contributed by atoms with E-state index in [9.17, 15) is 5.21 Å². The van der Waals surface area contributed by atoms with E-state index < -0.39 is 0 Å². The third-order valence-electron chi connectivity index (χ3n) is 3.92. The highest BCUT2D eigenvalue weighted by atomic mass is 16.5. The largest absolute Gasteiger partial charge is 0.594 e. The standard InChI is InChI=1S/C16H22N4O3/c1-2-16-17-14-12-13(4-5-15(14)20(21)18-16)23-9-3-6-19-7-10-22-11-8-19/h4-5,12H,2-3,6-11H2,1H3. The number of aromatic nitrogens is 3. The number of morpholine rings is 1. The molecule has 1 aliphatic rings. The molecule has 7 nitrogen and oxygen atoms in total. The fourth-order valence-electron chi connectivity index (χ4n) is 2.62. The number of hydrogen-bond donors (Lipinski definition) is 0.